The number of aromatic nitrogens is 3. The SMILES string of the molecule is Cc1nn(-c2ccc(F)cc2)c2sc(C(=O)NCc3ccc(N4CCCCC4)nc3)cc12. The fourth-order valence-corrected chi connectivity index (χ4v) is 5.12. The van der Waals surface area contributed by atoms with Crippen LogP contribution in [0.5, 0.6) is 0 Å². The van der Waals surface area contributed by atoms with E-state index in [1.807, 2.05) is 31.3 Å². The van der Waals surface area contributed by atoms with Crippen LogP contribution in [0.3, 0.4) is 0 Å². The minimum atomic E-state index is -0.293. The molecule has 1 N–H and O–H groups in total. The van der Waals surface area contributed by atoms with Crippen molar-refractivity contribution in [3.05, 3.63) is 70.6 Å². The zero-order valence-corrected chi connectivity index (χ0v) is 18.7. The van der Waals surface area contributed by atoms with E-state index in [-0.39, 0.29) is 11.7 Å². The van der Waals surface area contributed by atoms with Gasteiger partial charge in [0.05, 0.1) is 16.3 Å². The molecule has 1 aromatic carbocycles. The van der Waals surface area contributed by atoms with Crippen LogP contribution in [0.15, 0.2) is 48.7 Å². The summed E-state index contributed by atoms with van der Waals surface area (Å²) in [5, 5.41) is 8.47. The van der Waals surface area contributed by atoms with Crippen molar-refractivity contribution < 1.29 is 9.18 Å². The lowest BCUT2D eigenvalue weighted by Gasteiger charge is -2.27. The third-order valence-electron chi connectivity index (χ3n) is 5.78. The van der Waals surface area contributed by atoms with Crippen LogP contribution in [0.1, 0.15) is 40.2 Å². The number of nitrogens with zero attached hydrogens (tertiary/aromatic N) is 4. The van der Waals surface area contributed by atoms with E-state index in [2.05, 4.69) is 20.3 Å². The molecule has 0 unspecified atom stereocenters. The molecule has 1 aliphatic heterocycles. The predicted octanol–water partition coefficient (Wildman–Crippen LogP) is 4.85. The highest BCUT2D eigenvalue weighted by molar-refractivity contribution is 7.20. The van der Waals surface area contributed by atoms with Crippen LogP contribution in [0.25, 0.3) is 15.9 Å². The number of pyridine rings is 1. The molecule has 6 nitrogen and oxygen atoms in total. The predicted molar refractivity (Wildman–Crippen MR) is 125 cm³/mol. The van der Waals surface area contributed by atoms with Crippen molar-refractivity contribution in [2.45, 2.75) is 32.7 Å². The number of aryl methyl sites for hydroxylation is 1. The molecule has 0 radical (unpaired) electrons. The van der Waals surface area contributed by atoms with E-state index in [1.165, 1.54) is 42.7 Å². The monoisotopic (exact) mass is 449 g/mol. The quantitative estimate of drug-likeness (QED) is 0.473. The third kappa shape index (κ3) is 4.10. The van der Waals surface area contributed by atoms with E-state index in [0.29, 0.717) is 11.4 Å². The Kier molecular flexibility index (Phi) is 5.61. The maximum absolute atomic E-state index is 13.3. The summed E-state index contributed by atoms with van der Waals surface area (Å²) in [5.74, 6) is 0.583. The zero-order valence-electron chi connectivity index (χ0n) is 17.8. The van der Waals surface area contributed by atoms with Gasteiger partial charge < -0.3 is 10.2 Å². The third-order valence-corrected chi connectivity index (χ3v) is 6.89. The summed E-state index contributed by atoms with van der Waals surface area (Å²) >= 11 is 1.38. The van der Waals surface area contributed by atoms with Crippen LogP contribution in [0.2, 0.25) is 0 Å². The van der Waals surface area contributed by atoms with Crippen molar-refractivity contribution in [3.8, 4) is 5.69 Å². The number of anilines is 1. The molecule has 1 fully saturated rings. The summed E-state index contributed by atoms with van der Waals surface area (Å²) in [6, 6.07) is 12.1. The molecule has 1 amide bonds. The first-order valence-corrected chi connectivity index (χ1v) is 11.6. The number of fused-ring (bicyclic) bond motifs is 1. The minimum absolute atomic E-state index is 0.128. The van der Waals surface area contributed by atoms with Gasteiger partial charge >= 0.3 is 0 Å². The van der Waals surface area contributed by atoms with Gasteiger partial charge in [0.15, 0.2) is 0 Å². The average Bonchev–Trinajstić information content (AvgIpc) is 3.40. The fourth-order valence-electron chi connectivity index (χ4n) is 4.02. The number of rotatable bonds is 5. The molecule has 4 heterocycles. The Morgan fingerprint density at radius 2 is 1.91 bits per heavy atom. The summed E-state index contributed by atoms with van der Waals surface area (Å²) in [7, 11) is 0. The van der Waals surface area contributed by atoms with Crippen LogP contribution in [0, 0.1) is 12.7 Å². The van der Waals surface area contributed by atoms with E-state index >= 15 is 0 Å². The molecule has 0 atom stereocenters. The second-order valence-electron chi connectivity index (χ2n) is 8.06. The molecular weight excluding hydrogens is 425 g/mol. The highest BCUT2D eigenvalue weighted by Crippen LogP contribution is 2.30. The standard InChI is InChI=1S/C24H24FN5OS/c1-16-20-13-21(32-24(20)30(28-16)19-8-6-18(25)7-9-19)23(31)27-15-17-5-10-22(26-14-17)29-11-3-2-4-12-29/h5-10,13-14H,2-4,11-12,15H2,1H3,(H,27,31). The molecule has 32 heavy (non-hydrogen) atoms. The van der Waals surface area contributed by atoms with Crippen LogP contribution < -0.4 is 10.2 Å². The summed E-state index contributed by atoms with van der Waals surface area (Å²) in [4.78, 5) is 21.2. The van der Waals surface area contributed by atoms with Gasteiger partial charge in [-0.15, -0.1) is 11.3 Å². The molecule has 3 aromatic heterocycles. The van der Waals surface area contributed by atoms with Crippen molar-refractivity contribution in [1.29, 1.82) is 0 Å². The molecule has 4 aromatic rings. The van der Waals surface area contributed by atoms with Crippen LogP contribution in [-0.4, -0.2) is 33.8 Å². The number of carbonyl (C=O) groups excluding carboxylic acids is 1. The normalized spacial score (nSPS) is 14.1. The zero-order chi connectivity index (χ0) is 22.1. The van der Waals surface area contributed by atoms with E-state index in [0.717, 1.165) is 46.1 Å². The maximum atomic E-state index is 13.3. The minimum Gasteiger partial charge on any atom is -0.357 e. The largest absolute Gasteiger partial charge is 0.357 e. The number of hydrogen-bond donors (Lipinski definition) is 1. The average molecular weight is 450 g/mol. The van der Waals surface area contributed by atoms with Gasteiger partial charge in [-0.3, -0.25) is 4.79 Å². The number of benzene rings is 1. The van der Waals surface area contributed by atoms with Crippen molar-refractivity contribution >= 4 is 33.3 Å². The first-order valence-electron chi connectivity index (χ1n) is 10.8. The molecule has 164 valence electrons. The molecule has 0 saturated carbocycles. The number of hydrogen-bond acceptors (Lipinski definition) is 5. The number of halogens is 1. The van der Waals surface area contributed by atoms with Gasteiger partial charge in [-0.1, -0.05) is 6.07 Å². The lowest BCUT2D eigenvalue weighted by atomic mass is 10.1. The Labute approximate surface area is 189 Å². The Morgan fingerprint density at radius 1 is 1.12 bits per heavy atom. The van der Waals surface area contributed by atoms with Gasteiger partial charge in [0.25, 0.3) is 5.91 Å². The van der Waals surface area contributed by atoms with Crippen molar-refractivity contribution in [3.63, 3.8) is 0 Å². The van der Waals surface area contributed by atoms with E-state index in [1.54, 1.807) is 16.8 Å². The molecule has 1 aliphatic rings. The fraction of sp³-hybridized carbons (Fsp3) is 0.292. The van der Waals surface area contributed by atoms with Gasteiger partial charge in [-0.05, 0) is 68.1 Å². The maximum Gasteiger partial charge on any atom is 0.261 e. The Morgan fingerprint density at radius 3 is 2.62 bits per heavy atom. The number of thiophene rings is 1. The van der Waals surface area contributed by atoms with Crippen molar-refractivity contribution in [1.82, 2.24) is 20.1 Å². The molecule has 0 aliphatic carbocycles. The second kappa shape index (κ2) is 8.70. The first-order chi connectivity index (χ1) is 15.6. The van der Waals surface area contributed by atoms with E-state index in [4.69, 9.17) is 0 Å². The number of piperidine rings is 1. The Bertz CT molecular complexity index is 1240. The highest BCUT2D eigenvalue weighted by Gasteiger charge is 2.17. The molecule has 0 bridgehead atoms. The number of amides is 1. The second-order valence-corrected chi connectivity index (χ2v) is 9.09. The number of nitrogens with one attached hydrogen (secondary N) is 1. The molecule has 0 spiro atoms. The summed E-state index contributed by atoms with van der Waals surface area (Å²) in [5.41, 5.74) is 2.56. The Balaban J connectivity index is 1.29. The topological polar surface area (TPSA) is 63.1 Å². The molecule has 8 heteroatoms. The molecular formula is C24H24FN5OS. The number of carbonyl (C=O) groups is 1. The van der Waals surface area contributed by atoms with Gasteiger partial charge in [-0.25, -0.2) is 14.1 Å². The van der Waals surface area contributed by atoms with Crippen LogP contribution >= 0.6 is 11.3 Å². The van der Waals surface area contributed by atoms with Gasteiger partial charge in [0, 0.05) is 31.2 Å². The summed E-state index contributed by atoms with van der Waals surface area (Å²) < 4.78 is 15.0. The molecule has 1 saturated heterocycles. The highest BCUT2D eigenvalue weighted by atomic mass is 32.1. The van der Waals surface area contributed by atoms with Crippen LogP contribution in [0.4, 0.5) is 10.2 Å². The van der Waals surface area contributed by atoms with E-state index in [9.17, 15) is 9.18 Å². The van der Waals surface area contributed by atoms with Crippen molar-refractivity contribution in [2.75, 3.05) is 18.0 Å². The smallest absolute Gasteiger partial charge is 0.261 e. The van der Waals surface area contributed by atoms with Gasteiger partial charge in [0.1, 0.15) is 16.5 Å². The van der Waals surface area contributed by atoms with Crippen LogP contribution in [-0.2, 0) is 6.54 Å². The first kappa shape index (κ1) is 20.6. The van der Waals surface area contributed by atoms with Crippen molar-refractivity contribution in [2.24, 2.45) is 0 Å². The Hall–Kier alpha value is -3.26. The summed E-state index contributed by atoms with van der Waals surface area (Å²) in [6.45, 7) is 4.45. The lowest BCUT2D eigenvalue weighted by molar-refractivity contribution is 0.0955. The van der Waals surface area contributed by atoms with Gasteiger partial charge in [0.2, 0.25) is 0 Å². The van der Waals surface area contributed by atoms with Gasteiger partial charge in [-0.2, -0.15) is 5.10 Å². The summed E-state index contributed by atoms with van der Waals surface area (Å²) in [6.07, 6.45) is 5.56. The van der Waals surface area contributed by atoms with E-state index < -0.39 is 0 Å². The molecule has 5 rings (SSSR count). The lowest BCUT2D eigenvalue weighted by Crippen LogP contribution is -2.30.